The molecule has 19 heavy (non-hydrogen) atoms. The van der Waals surface area contributed by atoms with Gasteiger partial charge in [-0.3, -0.25) is 0 Å². The van der Waals surface area contributed by atoms with Gasteiger partial charge in [-0.05, 0) is 30.2 Å². The van der Waals surface area contributed by atoms with Crippen molar-refractivity contribution in [3.63, 3.8) is 0 Å². The molecule has 2 nitrogen and oxygen atoms in total. The van der Waals surface area contributed by atoms with E-state index < -0.39 is 6.10 Å². The van der Waals surface area contributed by atoms with Gasteiger partial charge in [0.25, 0.3) is 0 Å². The first kappa shape index (κ1) is 12.8. The quantitative estimate of drug-likeness (QED) is 0.900. The summed E-state index contributed by atoms with van der Waals surface area (Å²) < 4.78 is 0. The normalized spacial score (nSPS) is 23.9. The monoisotopic (exact) mass is 273 g/mol. The summed E-state index contributed by atoms with van der Waals surface area (Å²) in [7, 11) is 0. The van der Waals surface area contributed by atoms with Crippen LogP contribution >= 0.6 is 11.3 Å². The van der Waals surface area contributed by atoms with Crippen molar-refractivity contribution in [1.29, 1.82) is 0 Å². The maximum atomic E-state index is 10.4. The lowest BCUT2D eigenvalue weighted by Crippen LogP contribution is -2.13. The number of aliphatic hydroxyl groups is 1. The average Bonchev–Trinajstić information content (AvgIpc) is 2.83. The molecule has 0 radical (unpaired) electrons. The Hall–Kier alpha value is -1.19. The molecule has 1 aliphatic rings. The predicted molar refractivity (Wildman–Crippen MR) is 78.5 cm³/mol. The van der Waals surface area contributed by atoms with E-state index in [1.807, 2.05) is 30.3 Å². The van der Waals surface area contributed by atoms with Crippen molar-refractivity contribution in [3.05, 3.63) is 51.5 Å². The highest BCUT2D eigenvalue weighted by molar-refractivity contribution is 7.11. The minimum absolute atomic E-state index is 0.520. The molecule has 0 amide bonds. The third-order valence-corrected chi connectivity index (χ3v) is 5.00. The van der Waals surface area contributed by atoms with Crippen molar-refractivity contribution in [2.24, 2.45) is 5.92 Å². The lowest BCUT2D eigenvalue weighted by atomic mass is 9.85. The van der Waals surface area contributed by atoms with Gasteiger partial charge in [0.05, 0.1) is 5.69 Å². The first-order valence-electron chi connectivity index (χ1n) is 6.87. The van der Waals surface area contributed by atoms with Crippen LogP contribution in [0.1, 0.15) is 53.4 Å². The number of aromatic nitrogens is 1. The summed E-state index contributed by atoms with van der Waals surface area (Å²) in [6.07, 6.45) is 1.73. The van der Waals surface area contributed by atoms with E-state index >= 15 is 0 Å². The van der Waals surface area contributed by atoms with Crippen molar-refractivity contribution < 1.29 is 5.11 Å². The smallest absolute Gasteiger partial charge is 0.131 e. The topological polar surface area (TPSA) is 33.1 Å². The molecule has 0 saturated heterocycles. The van der Waals surface area contributed by atoms with E-state index in [4.69, 9.17) is 4.98 Å². The van der Waals surface area contributed by atoms with E-state index in [0.717, 1.165) is 22.9 Å². The molecule has 3 unspecified atom stereocenters. The molecule has 3 atom stereocenters. The second kappa shape index (κ2) is 5.06. The minimum Gasteiger partial charge on any atom is -0.381 e. The number of hydrogen-bond donors (Lipinski definition) is 1. The number of benzene rings is 1. The van der Waals surface area contributed by atoms with Crippen LogP contribution in [0.3, 0.4) is 0 Å². The molecule has 2 aromatic rings. The zero-order chi connectivity index (χ0) is 13.4. The molecule has 0 spiro atoms. The first-order valence-corrected chi connectivity index (χ1v) is 7.69. The molecule has 1 aromatic heterocycles. The average molecular weight is 273 g/mol. The third-order valence-electron chi connectivity index (χ3n) is 3.85. The number of fused-ring (bicyclic) bond motifs is 1. The van der Waals surface area contributed by atoms with Crippen LogP contribution in [0.15, 0.2) is 30.3 Å². The molecule has 3 heteroatoms. The Balaban J connectivity index is 1.93. The van der Waals surface area contributed by atoms with Crippen LogP contribution in [0, 0.1) is 5.92 Å². The second-order valence-electron chi connectivity index (χ2n) is 5.62. The van der Waals surface area contributed by atoms with E-state index in [1.54, 1.807) is 11.3 Å². The van der Waals surface area contributed by atoms with Crippen LogP contribution < -0.4 is 0 Å². The summed E-state index contributed by atoms with van der Waals surface area (Å²) in [5.41, 5.74) is 2.14. The Kier molecular flexibility index (Phi) is 3.42. The van der Waals surface area contributed by atoms with Crippen LogP contribution in [0.25, 0.3) is 0 Å². The van der Waals surface area contributed by atoms with Crippen molar-refractivity contribution >= 4 is 11.3 Å². The van der Waals surface area contributed by atoms with E-state index in [0.29, 0.717) is 5.92 Å². The van der Waals surface area contributed by atoms with E-state index in [2.05, 4.69) is 13.8 Å². The van der Waals surface area contributed by atoms with Crippen molar-refractivity contribution in [2.45, 2.75) is 38.7 Å². The molecule has 1 N–H and O–H groups in total. The van der Waals surface area contributed by atoms with Gasteiger partial charge in [0.1, 0.15) is 11.1 Å². The predicted octanol–water partition coefficient (Wildman–Crippen LogP) is 3.91. The third kappa shape index (κ3) is 2.45. The molecule has 3 rings (SSSR count). The molecule has 1 heterocycles. The lowest BCUT2D eigenvalue weighted by molar-refractivity contribution is 0.219. The number of thiazole rings is 1. The summed E-state index contributed by atoms with van der Waals surface area (Å²) in [5, 5.41) is 11.3. The van der Waals surface area contributed by atoms with Crippen molar-refractivity contribution in [3.8, 4) is 0 Å². The van der Waals surface area contributed by atoms with Crippen molar-refractivity contribution in [1.82, 2.24) is 4.98 Å². The summed E-state index contributed by atoms with van der Waals surface area (Å²) in [5.74, 6) is 1.25. The molecular weight excluding hydrogens is 254 g/mol. The maximum absolute atomic E-state index is 10.4. The highest BCUT2D eigenvalue weighted by atomic mass is 32.1. The van der Waals surface area contributed by atoms with Gasteiger partial charge >= 0.3 is 0 Å². The number of aliphatic hydroxyl groups excluding tert-OH is 1. The van der Waals surface area contributed by atoms with E-state index in [-0.39, 0.29) is 0 Å². The highest BCUT2D eigenvalue weighted by Crippen LogP contribution is 2.39. The van der Waals surface area contributed by atoms with Gasteiger partial charge in [-0.1, -0.05) is 44.2 Å². The molecule has 1 aromatic carbocycles. The first-order chi connectivity index (χ1) is 9.15. The Morgan fingerprint density at radius 2 is 2.00 bits per heavy atom. The molecule has 1 aliphatic carbocycles. The molecular formula is C16H19NOS. The Morgan fingerprint density at radius 3 is 2.74 bits per heavy atom. The zero-order valence-electron chi connectivity index (χ0n) is 11.3. The zero-order valence-corrected chi connectivity index (χ0v) is 12.2. The van der Waals surface area contributed by atoms with Crippen LogP contribution in [0.5, 0.6) is 0 Å². The fourth-order valence-corrected chi connectivity index (χ4v) is 4.29. The van der Waals surface area contributed by atoms with Crippen LogP contribution in [-0.2, 0) is 6.42 Å². The molecule has 0 aliphatic heterocycles. The summed E-state index contributed by atoms with van der Waals surface area (Å²) in [6, 6.07) is 9.79. The van der Waals surface area contributed by atoms with E-state index in [9.17, 15) is 5.11 Å². The Morgan fingerprint density at radius 1 is 1.26 bits per heavy atom. The van der Waals surface area contributed by atoms with Crippen LogP contribution in [-0.4, -0.2) is 10.1 Å². The van der Waals surface area contributed by atoms with E-state index in [1.165, 1.54) is 17.0 Å². The second-order valence-corrected chi connectivity index (χ2v) is 6.73. The maximum Gasteiger partial charge on any atom is 0.131 e. The van der Waals surface area contributed by atoms with Crippen LogP contribution in [0.2, 0.25) is 0 Å². The van der Waals surface area contributed by atoms with Crippen LogP contribution in [0.4, 0.5) is 0 Å². The number of hydrogen-bond acceptors (Lipinski definition) is 3. The fraction of sp³-hybridized carbons (Fsp3) is 0.438. The fourth-order valence-electron chi connectivity index (χ4n) is 2.92. The van der Waals surface area contributed by atoms with Gasteiger partial charge in [0.2, 0.25) is 0 Å². The molecule has 0 saturated carbocycles. The molecule has 0 bridgehead atoms. The van der Waals surface area contributed by atoms with Gasteiger partial charge in [-0.15, -0.1) is 11.3 Å². The minimum atomic E-state index is -0.584. The van der Waals surface area contributed by atoms with Gasteiger partial charge < -0.3 is 5.11 Å². The van der Waals surface area contributed by atoms with Crippen molar-refractivity contribution in [2.75, 3.05) is 0 Å². The molecule has 100 valence electrons. The highest BCUT2D eigenvalue weighted by Gasteiger charge is 2.27. The standard InChI is InChI=1S/C16H19NOS/c1-10-8-11(2)14-13(9-10)19-16(17-14)15(18)12-6-4-3-5-7-12/h3-7,10-11,15,18H,8-9H2,1-2H3. The summed E-state index contributed by atoms with van der Waals surface area (Å²) >= 11 is 1.68. The molecule has 0 fully saturated rings. The SMILES string of the molecule is CC1Cc2sc(C(O)c3ccccc3)nc2C(C)C1. The Bertz CT molecular complexity index is 563. The van der Waals surface area contributed by atoms with Gasteiger partial charge in [-0.2, -0.15) is 0 Å². The Labute approximate surface area is 118 Å². The number of rotatable bonds is 2. The lowest BCUT2D eigenvalue weighted by Gasteiger charge is -2.22. The summed E-state index contributed by atoms with van der Waals surface area (Å²) in [4.78, 5) is 6.08. The summed E-state index contributed by atoms with van der Waals surface area (Å²) in [6.45, 7) is 4.54. The number of nitrogens with zero attached hydrogens (tertiary/aromatic N) is 1. The largest absolute Gasteiger partial charge is 0.381 e. The van der Waals surface area contributed by atoms with Gasteiger partial charge in [0.15, 0.2) is 0 Å². The van der Waals surface area contributed by atoms with Gasteiger partial charge in [-0.25, -0.2) is 4.98 Å². The van der Waals surface area contributed by atoms with Gasteiger partial charge in [0, 0.05) is 4.88 Å².